The van der Waals surface area contributed by atoms with Crippen LogP contribution in [0.3, 0.4) is 0 Å². The lowest BCUT2D eigenvalue weighted by atomic mass is 10.1. The molecule has 0 atom stereocenters. The number of halogens is 1. The van der Waals surface area contributed by atoms with E-state index in [4.69, 9.17) is 0 Å². The second kappa shape index (κ2) is 5.95. The monoisotopic (exact) mass is 246 g/mol. The molecule has 0 aliphatic heterocycles. The van der Waals surface area contributed by atoms with Crippen molar-refractivity contribution in [2.24, 2.45) is 0 Å². The number of hydrogen-bond acceptors (Lipinski definition) is 4. The van der Waals surface area contributed by atoms with Crippen molar-refractivity contribution in [3.63, 3.8) is 0 Å². The minimum Gasteiger partial charge on any atom is -0.372 e. The molecule has 2 N–H and O–H groups in total. The highest BCUT2D eigenvalue weighted by Crippen LogP contribution is 2.07. The second-order valence-electron chi connectivity index (χ2n) is 3.84. The highest BCUT2D eigenvalue weighted by atomic mass is 19.1. The molecule has 0 saturated carbocycles. The summed E-state index contributed by atoms with van der Waals surface area (Å²) < 4.78 is 12.7. The van der Waals surface area contributed by atoms with Crippen LogP contribution in [0.4, 0.5) is 16.0 Å². The van der Waals surface area contributed by atoms with Crippen LogP contribution in [0.5, 0.6) is 0 Å². The molecule has 1 aromatic carbocycles. The van der Waals surface area contributed by atoms with Crippen molar-refractivity contribution < 1.29 is 4.39 Å². The van der Waals surface area contributed by atoms with Gasteiger partial charge in [0.2, 0.25) is 0 Å². The van der Waals surface area contributed by atoms with E-state index in [9.17, 15) is 4.39 Å². The second-order valence-corrected chi connectivity index (χ2v) is 3.84. The Labute approximate surface area is 105 Å². The predicted octanol–water partition coefficient (Wildman–Crippen LogP) is 2.31. The molecule has 0 saturated heterocycles. The molecule has 94 valence electrons. The molecular formula is C13H15FN4. The van der Waals surface area contributed by atoms with Crippen molar-refractivity contribution in [2.45, 2.75) is 6.42 Å². The van der Waals surface area contributed by atoms with Crippen LogP contribution >= 0.6 is 0 Å². The van der Waals surface area contributed by atoms with Crippen molar-refractivity contribution in [1.29, 1.82) is 0 Å². The summed E-state index contributed by atoms with van der Waals surface area (Å²) >= 11 is 0. The van der Waals surface area contributed by atoms with Gasteiger partial charge in [-0.1, -0.05) is 12.1 Å². The summed E-state index contributed by atoms with van der Waals surface area (Å²) in [5.74, 6) is 1.24. The first-order valence-corrected chi connectivity index (χ1v) is 5.76. The standard InChI is InChI=1S/C13H15FN4/c1-15-12-8-16-9-13(18-12)17-7-6-10-2-4-11(14)5-3-10/h2-5,8-9H,6-7H2,1H3,(H2,15,17,18). The quantitative estimate of drug-likeness (QED) is 0.850. The van der Waals surface area contributed by atoms with E-state index in [1.54, 1.807) is 31.6 Å². The molecule has 2 aromatic rings. The number of nitrogens with zero attached hydrogens (tertiary/aromatic N) is 2. The maximum atomic E-state index is 12.7. The third kappa shape index (κ3) is 3.41. The Morgan fingerprint density at radius 2 is 1.83 bits per heavy atom. The number of rotatable bonds is 5. The third-order valence-corrected chi connectivity index (χ3v) is 2.52. The highest BCUT2D eigenvalue weighted by molar-refractivity contribution is 5.41. The summed E-state index contributed by atoms with van der Waals surface area (Å²) in [6.45, 7) is 0.730. The zero-order valence-corrected chi connectivity index (χ0v) is 10.2. The molecule has 18 heavy (non-hydrogen) atoms. The summed E-state index contributed by atoms with van der Waals surface area (Å²) in [6, 6.07) is 6.51. The molecule has 0 aliphatic carbocycles. The van der Waals surface area contributed by atoms with E-state index in [0.29, 0.717) is 0 Å². The molecular weight excluding hydrogens is 231 g/mol. The molecule has 1 heterocycles. The molecule has 0 radical (unpaired) electrons. The molecule has 0 bridgehead atoms. The van der Waals surface area contributed by atoms with Crippen molar-refractivity contribution in [1.82, 2.24) is 9.97 Å². The smallest absolute Gasteiger partial charge is 0.146 e. The van der Waals surface area contributed by atoms with Gasteiger partial charge in [0.1, 0.15) is 17.5 Å². The molecule has 1 aromatic heterocycles. The van der Waals surface area contributed by atoms with Crippen molar-refractivity contribution >= 4 is 11.6 Å². The molecule has 2 rings (SSSR count). The van der Waals surface area contributed by atoms with Crippen LogP contribution in [-0.2, 0) is 6.42 Å². The molecule has 5 heteroatoms. The SMILES string of the molecule is CNc1cncc(NCCc2ccc(F)cc2)n1. The van der Waals surface area contributed by atoms with Gasteiger partial charge in [0, 0.05) is 13.6 Å². The predicted molar refractivity (Wildman–Crippen MR) is 70.2 cm³/mol. The zero-order chi connectivity index (χ0) is 12.8. The summed E-state index contributed by atoms with van der Waals surface area (Å²) in [5.41, 5.74) is 1.08. The largest absolute Gasteiger partial charge is 0.372 e. The van der Waals surface area contributed by atoms with Gasteiger partial charge >= 0.3 is 0 Å². The summed E-state index contributed by atoms with van der Waals surface area (Å²) in [5, 5.41) is 6.10. The summed E-state index contributed by atoms with van der Waals surface area (Å²) in [4.78, 5) is 8.35. The minimum absolute atomic E-state index is 0.209. The van der Waals surface area contributed by atoms with E-state index in [0.717, 1.165) is 30.2 Å². The van der Waals surface area contributed by atoms with Gasteiger partial charge in [-0.25, -0.2) is 9.37 Å². The van der Waals surface area contributed by atoms with E-state index in [1.165, 1.54) is 12.1 Å². The first-order chi connectivity index (χ1) is 8.78. The van der Waals surface area contributed by atoms with E-state index in [-0.39, 0.29) is 5.82 Å². The Kier molecular flexibility index (Phi) is 4.06. The Morgan fingerprint density at radius 1 is 1.11 bits per heavy atom. The molecule has 0 aliphatic rings. The van der Waals surface area contributed by atoms with Crippen molar-refractivity contribution in [3.05, 3.63) is 48.0 Å². The average molecular weight is 246 g/mol. The van der Waals surface area contributed by atoms with Crippen molar-refractivity contribution in [2.75, 3.05) is 24.2 Å². The number of benzene rings is 1. The highest BCUT2D eigenvalue weighted by Gasteiger charge is 1.97. The number of hydrogen-bond donors (Lipinski definition) is 2. The summed E-state index contributed by atoms with van der Waals surface area (Å²) in [6.07, 6.45) is 4.14. The molecule has 0 unspecified atom stereocenters. The van der Waals surface area contributed by atoms with Crippen LogP contribution in [0.2, 0.25) is 0 Å². The minimum atomic E-state index is -0.209. The third-order valence-electron chi connectivity index (χ3n) is 2.52. The van der Waals surface area contributed by atoms with Crippen LogP contribution in [0.25, 0.3) is 0 Å². The van der Waals surface area contributed by atoms with E-state index in [2.05, 4.69) is 20.6 Å². The van der Waals surface area contributed by atoms with Gasteiger partial charge in [-0.05, 0) is 24.1 Å². The van der Waals surface area contributed by atoms with Gasteiger partial charge in [-0.15, -0.1) is 0 Å². The van der Waals surface area contributed by atoms with Crippen LogP contribution < -0.4 is 10.6 Å². The van der Waals surface area contributed by atoms with Gasteiger partial charge in [-0.3, -0.25) is 4.98 Å². The number of anilines is 2. The van der Waals surface area contributed by atoms with Gasteiger partial charge in [-0.2, -0.15) is 0 Å². The Hall–Kier alpha value is -2.17. The van der Waals surface area contributed by atoms with Crippen molar-refractivity contribution in [3.8, 4) is 0 Å². The van der Waals surface area contributed by atoms with Crippen LogP contribution in [0, 0.1) is 5.82 Å². The molecule has 0 fully saturated rings. The van der Waals surface area contributed by atoms with E-state index < -0.39 is 0 Å². The lowest BCUT2D eigenvalue weighted by Gasteiger charge is -2.06. The fraction of sp³-hybridized carbons (Fsp3) is 0.231. The summed E-state index contributed by atoms with van der Waals surface area (Å²) in [7, 11) is 1.80. The van der Waals surface area contributed by atoms with E-state index >= 15 is 0 Å². The normalized spacial score (nSPS) is 10.1. The molecule has 0 amide bonds. The first-order valence-electron chi connectivity index (χ1n) is 5.76. The van der Waals surface area contributed by atoms with Gasteiger partial charge in [0.25, 0.3) is 0 Å². The topological polar surface area (TPSA) is 49.8 Å². The van der Waals surface area contributed by atoms with Crippen LogP contribution in [0.15, 0.2) is 36.7 Å². The number of nitrogens with one attached hydrogen (secondary N) is 2. The maximum absolute atomic E-state index is 12.7. The van der Waals surface area contributed by atoms with Gasteiger partial charge in [0.05, 0.1) is 12.4 Å². The lowest BCUT2D eigenvalue weighted by molar-refractivity contribution is 0.627. The Balaban J connectivity index is 1.86. The number of aromatic nitrogens is 2. The van der Waals surface area contributed by atoms with Gasteiger partial charge in [0.15, 0.2) is 0 Å². The lowest BCUT2D eigenvalue weighted by Crippen LogP contribution is -2.07. The fourth-order valence-electron chi connectivity index (χ4n) is 1.56. The van der Waals surface area contributed by atoms with Gasteiger partial charge < -0.3 is 10.6 Å². The Morgan fingerprint density at radius 3 is 2.56 bits per heavy atom. The van der Waals surface area contributed by atoms with Crippen LogP contribution in [0.1, 0.15) is 5.56 Å². The molecule has 0 spiro atoms. The maximum Gasteiger partial charge on any atom is 0.146 e. The Bertz CT molecular complexity index is 499. The zero-order valence-electron chi connectivity index (χ0n) is 10.2. The first kappa shape index (κ1) is 12.3. The average Bonchev–Trinajstić information content (AvgIpc) is 2.41. The fourth-order valence-corrected chi connectivity index (χ4v) is 1.56. The molecule has 4 nitrogen and oxygen atoms in total. The van der Waals surface area contributed by atoms with E-state index in [1.807, 2.05) is 0 Å². The van der Waals surface area contributed by atoms with Crippen LogP contribution in [-0.4, -0.2) is 23.6 Å².